The molecule has 2 amide bonds. The lowest BCUT2D eigenvalue weighted by atomic mass is 10.0. The van der Waals surface area contributed by atoms with Crippen molar-refractivity contribution in [3.63, 3.8) is 0 Å². The average molecular weight is 390 g/mol. The van der Waals surface area contributed by atoms with Gasteiger partial charge in [0.2, 0.25) is 5.91 Å². The normalized spacial score (nSPS) is 15.1. The second-order valence-corrected chi connectivity index (χ2v) is 7.91. The molecule has 0 aliphatic carbocycles. The van der Waals surface area contributed by atoms with Crippen LogP contribution in [0.5, 0.6) is 0 Å². The predicted octanol–water partition coefficient (Wildman–Crippen LogP) is 2.46. The minimum Gasteiger partial charge on any atom is -0.467 e. The first-order valence-electron chi connectivity index (χ1n) is 9.61. The molecule has 2 rings (SSSR count). The highest BCUT2D eigenvalue weighted by Crippen LogP contribution is 2.17. The Labute approximate surface area is 166 Å². The maximum atomic E-state index is 12.7. The Hall–Kier alpha value is -2.57. The molecule has 28 heavy (non-hydrogen) atoms. The highest BCUT2D eigenvalue weighted by atomic mass is 16.6. The molecule has 1 heterocycles. The first kappa shape index (κ1) is 21.7. The van der Waals surface area contributed by atoms with Crippen molar-refractivity contribution >= 4 is 18.0 Å². The maximum Gasteiger partial charge on any atom is 0.408 e. The third-order valence-corrected chi connectivity index (χ3v) is 4.60. The number of nitrogens with zero attached hydrogens (tertiary/aromatic N) is 1. The number of alkyl carbamates (subject to hydrolysis) is 1. The number of amides is 2. The van der Waals surface area contributed by atoms with Crippen LogP contribution in [-0.4, -0.2) is 54.7 Å². The fourth-order valence-electron chi connectivity index (χ4n) is 3.18. The highest BCUT2D eigenvalue weighted by molar-refractivity contribution is 5.83. The summed E-state index contributed by atoms with van der Waals surface area (Å²) in [7, 11) is 1.25. The van der Waals surface area contributed by atoms with E-state index in [-0.39, 0.29) is 18.7 Å². The van der Waals surface area contributed by atoms with Crippen molar-refractivity contribution in [3.8, 4) is 0 Å². The average Bonchev–Trinajstić information content (AvgIpc) is 2.85. The van der Waals surface area contributed by atoms with Gasteiger partial charge in [0.25, 0.3) is 0 Å². The maximum absolute atomic E-state index is 12.7. The Morgan fingerprint density at radius 3 is 2.18 bits per heavy atom. The Morgan fingerprint density at radius 1 is 1.11 bits per heavy atom. The van der Waals surface area contributed by atoms with Crippen molar-refractivity contribution in [2.75, 3.05) is 20.2 Å². The lowest BCUT2D eigenvalue weighted by molar-refractivity contribution is -0.143. The van der Waals surface area contributed by atoms with Crippen LogP contribution in [0.4, 0.5) is 4.79 Å². The molecule has 7 nitrogen and oxygen atoms in total. The number of carbonyl (C=O) groups excluding carboxylic acids is 3. The fourth-order valence-corrected chi connectivity index (χ4v) is 3.18. The van der Waals surface area contributed by atoms with Gasteiger partial charge in [-0.25, -0.2) is 9.59 Å². The van der Waals surface area contributed by atoms with Crippen molar-refractivity contribution < 1.29 is 23.9 Å². The van der Waals surface area contributed by atoms with Crippen molar-refractivity contribution in [1.82, 2.24) is 10.2 Å². The van der Waals surface area contributed by atoms with Crippen molar-refractivity contribution in [2.45, 2.75) is 58.1 Å². The van der Waals surface area contributed by atoms with Crippen molar-refractivity contribution in [2.24, 2.45) is 0 Å². The van der Waals surface area contributed by atoms with Crippen LogP contribution >= 0.6 is 0 Å². The van der Waals surface area contributed by atoms with Crippen LogP contribution in [0.2, 0.25) is 0 Å². The van der Waals surface area contributed by atoms with Crippen LogP contribution in [0.3, 0.4) is 0 Å². The van der Waals surface area contributed by atoms with E-state index in [1.807, 2.05) is 17.0 Å². The van der Waals surface area contributed by atoms with Gasteiger partial charge in [-0.1, -0.05) is 24.3 Å². The summed E-state index contributed by atoms with van der Waals surface area (Å²) in [5, 5.41) is 2.50. The summed E-state index contributed by atoms with van der Waals surface area (Å²) in [6, 6.07) is 7.30. The summed E-state index contributed by atoms with van der Waals surface area (Å²) in [5.41, 5.74) is 1.87. The molecular formula is C21H30N2O5. The molecule has 154 valence electrons. The third-order valence-electron chi connectivity index (χ3n) is 4.60. The molecule has 1 atom stereocenters. The van der Waals surface area contributed by atoms with E-state index in [0.717, 1.165) is 12.8 Å². The van der Waals surface area contributed by atoms with Gasteiger partial charge in [0.15, 0.2) is 0 Å². The number of carbonyl (C=O) groups is 3. The monoisotopic (exact) mass is 390 g/mol. The molecule has 0 saturated heterocycles. The van der Waals surface area contributed by atoms with Gasteiger partial charge in [-0.2, -0.15) is 0 Å². The first-order valence-corrected chi connectivity index (χ1v) is 9.61. The van der Waals surface area contributed by atoms with Gasteiger partial charge in [0, 0.05) is 19.5 Å². The van der Waals surface area contributed by atoms with Gasteiger partial charge in [-0.15, -0.1) is 0 Å². The van der Waals surface area contributed by atoms with E-state index >= 15 is 0 Å². The number of ether oxygens (including phenoxy) is 2. The van der Waals surface area contributed by atoms with Gasteiger partial charge in [0.05, 0.1) is 7.11 Å². The van der Waals surface area contributed by atoms with E-state index in [2.05, 4.69) is 17.4 Å². The number of rotatable bonds is 5. The summed E-state index contributed by atoms with van der Waals surface area (Å²) < 4.78 is 9.93. The molecule has 1 aliphatic rings. The zero-order valence-electron chi connectivity index (χ0n) is 17.1. The molecule has 0 aromatic heterocycles. The van der Waals surface area contributed by atoms with E-state index in [1.165, 1.54) is 18.2 Å². The van der Waals surface area contributed by atoms with Crippen molar-refractivity contribution in [1.29, 1.82) is 0 Å². The lowest BCUT2D eigenvalue weighted by Crippen LogP contribution is -2.45. The summed E-state index contributed by atoms with van der Waals surface area (Å²) in [6.07, 6.45) is 1.23. The molecule has 7 heteroatoms. The molecule has 1 aromatic rings. The van der Waals surface area contributed by atoms with Gasteiger partial charge in [-0.3, -0.25) is 4.79 Å². The molecule has 1 N–H and O–H groups in total. The van der Waals surface area contributed by atoms with Gasteiger partial charge >= 0.3 is 12.1 Å². The lowest BCUT2D eigenvalue weighted by Gasteiger charge is -2.24. The molecule has 0 unspecified atom stereocenters. The van der Waals surface area contributed by atoms with Gasteiger partial charge < -0.3 is 19.7 Å². The number of fused-ring (bicyclic) bond motifs is 1. The zero-order chi connectivity index (χ0) is 20.7. The minimum atomic E-state index is -0.923. The van der Waals surface area contributed by atoms with E-state index in [9.17, 15) is 14.4 Å². The van der Waals surface area contributed by atoms with Crippen LogP contribution in [0.15, 0.2) is 24.3 Å². The largest absolute Gasteiger partial charge is 0.467 e. The Kier molecular flexibility index (Phi) is 7.43. The molecule has 0 fully saturated rings. The number of esters is 1. The van der Waals surface area contributed by atoms with Crippen LogP contribution in [0, 0.1) is 0 Å². The summed E-state index contributed by atoms with van der Waals surface area (Å²) in [5.74, 6) is -0.630. The van der Waals surface area contributed by atoms with Gasteiger partial charge in [-0.05, 0) is 51.2 Å². The summed E-state index contributed by atoms with van der Waals surface area (Å²) in [4.78, 5) is 38.4. The Balaban J connectivity index is 1.90. The van der Waals surface area contributed by atoms with E-state index in [0.29, 0.717) is 13.1 Å². The molecule has 0 saturated carbocycles. The number of benzene rings is 1. The second kappa shape index (κ2) is 9.57. The second-order valence-electron chi connectivity index (χ2n) is 7.91. The quantitative estimate of drug-likeness (QED) is 0.781. The van der Waals surface area contributed by atoms with E-state index in [4.69, 9.17) is 9.47 Å². The topological polar surface area (TPSA) is 84.9 Å². The number of methoxy groups -OCH3 is 1. The molecule has 1 aromatic carbocycles. The standard InChI is InChI=1S/C21H30N2O5/c1-21(2,3)28-20(26)22-17(19(25)27-4)9-10-18(24)23-13-11-15-7-5-6-8-16(15)12-14-23/h5-8,17H,9-14H2,1-4H3,(H,22,26)/t17-/m0/s1. The van der Waals surface area contributed by atoms with Crippen LogP contribution < -0.4 is 5.32 Å². The van der Waals surface area contributed by atoms with Crippen LogP contribution in [0.25, 0.3) is 0 Å². The smallest absolute Gasteiger partial charge is 0.408 e. The van der Waals surface area contributed by atoms with Crippen molar-refractivity contribution in [3.05, 3.63) is 35.4 Å². The van der Waals surface area contributed by atoms with Gasteiger partial charge in [0.1, 0.15) is 11.6 Å². The van der Waals surface area contributed by atoms with Crippen LogP contribution in [-0.2, 0) is 31.9 Å². The molecule has 0 bridgehead atoms. The van der Waals surface area contributed by atoms with Crippen LogP contribution in [0.1, 0.15) is 44.7 Å². The predicted molar refractivity (Wildman–Crippen MR) is 105 cm³/mol. The number of nitrogens with one attached hydrogen (secondary N) is 1. The summed E-state index contributed by atoms with van der Waals surface area (Å²) >= 11 is 0. The third kappa shape index (κ3) is 6.55. The fraction of sp³-hybridized carbons (Fsp3) is 0.571. The number of hydrogen-bond donors (Lipinski definition) is 1. The molecule has 0 spiro atoms. The molecule has 1 aliphatic heterocycles. The Bertz CT molecular complexity index is 684. The SMILES string of the molecule is COC(=O)[C@H](CCC(=O)N1CCc2ccccc2CC1)NC(=O)OC(C)(C)C. The number of hydrogen-bond acceptors (Lipinski definition) is 5. The first-order chi connectivity index (χ1) is 13.2. The Morgan fingerprint density at radius 2 is 1.68 bits per heavy atom. The summed E-state index contributed by atoms with van der Waals surface area (Å²) in [6.45, 7) is 6.51. The van der Waals surface area contributed by atoms with E-state index < -0.39 is 23.7 Å². The van der Waals surface area contributed by atoms with E-state index in [1.54, 1.807) is 20.8 Å². The highest BCUT2D eigenvalue weighted by Gasteiger charge is 2.27. The molecule has 0 radical (unpaired) electrons. The zero-order valence-corrected chi connectivity index (χ0v) is 17.1. The minimum absolute atomic E-state index is 0.0345. The molecular weight excluding hydrogens is 360 g/mol.